The van der Waals surface area contributed by atoms with Crippen LogP contribution in [0.2, 0.25) is 0 Å². The fourth-order valence-electron chi connectivity index (χ4n) is 4.55. The van der Waals surface area contributed by atoms with Crippen molar-refractivity contribution in [1.29, 1.82) is 0 Å². The number of halogens is 5. The van der Waals surface area contributed by atoms with Crippen molar-refractivity contribution in [1.82, 2.24) is 30.2 Å². The van der Waals surface area contributed by atoms with Gasteiger partial charge in [-0.1, -0.05) is 18.1 Å². The Kier molecular flexibility index (Phi) is 12.3. The van der Waals surface area contributed by atoms with Crippen molar-refractivity contribution in [3.8, 4) is 39.8 Å². The molecule has 0 saturated heterocycles. The zero-order valence-electron chi connectivity index (χ0n) is 25.8. The van der Waals surface area contributed by atoms with Crippen molar-refractivity contribution < 1.29 is 84.4 Å². The van der Waals surface area contributed by atoms with Crippen LogP contribution in [0.4, 0.5) is 22.0 Å². The minimum absolute atomic E-state index is 0. The van der Waals surface area contributed by atoms with Crippen molar-refractivity contribution >= 4 is 13.7 Å². The third kappa shape index (κ3) is 9.27. The number of hydrogen-bond donors (Lipinski definition) is 2. The molecule has 0 aliphatic carbocycles. The Labute approximate surface area is 296 Å². The quantitative estimate of drug-likeness (QED) is 0.0785. The van der Waals surface area contributed by atoms with Crippen LogP contribution < -0.4 is 44.5 Å². The van der Waals surface area contributed by atoms with Gasteiger partial charge in [0.2, 0.25) is 0 Å². The van der Waals surface area contributed by atoms with E-state index in [9.17, 15) is 36.2 Å². The molecule has 49 heavy (non-hydrogen) atoms. The van der Waals surface area contributed by atoms with Crippen molar-refractivity contribution in [3.05, 3.63) is 77.8 Å². The first-order valence-corrected chi connectivity index (χ1v) is 15.7. The minimum atomic E-state index is -4.99. The number of rotatable bonds is 13. The number of phosphoric ester groups is 1. The predicted molar refractivity (Wildman–Crippen MR) is 154 cm³/mol. The second kappa shape index (κ2) is 15.8. The molecule has 2 aliphatic rings. The number of carbonyl (C=O) groups excluding carboxylic acids is 1. The molecule has 0 saturated carbocycles. The maximum Gasteiger partial charge on any atom is 1.00 e. The van der Waals surface area contributed by atoms with Crippen LogP contribution in [-0.2, 0) is 20.1 Å². The second-order valence-electron chi connectivity index (χ2n) is 10.2. The molecule has 254 valence electrons. The normalized spacial score (nSPS) is 13.5. The van der Waals surface area contributed by atoms with E-state index < -0.39 is 49.8 Å². The van der Waals surface area contributed by atoms with Gasteiger partial charge in [-0.15, -0.1) is 0 Å². The summed E-state index contributed by atoms with van der Waals surface area (Å²) < 4.78 is 97.4. The molecule has 2 aromatic carbocycles. The second-order valence-corrected chi connectivity index (χ2v) is 11.4. The summed E-state index contributed by atoms with van der Waals surface area (Å²) in [6, 6.07) is 6.39. The molecule has 2 N–H and O–H groups in total. The molecule has 0 fully saturated rings. The smallest absolute Gasteiger partial charge is 0.756 e. The van der Waals surface area contributed by atoms with Crippen molar-refractivity contribution in [2.75, 3.05) is 19.8 Å². The number of imidazole rings is 1. The van der Waals surface area contributed by atoms with Gasteiger partial charge in [0.15, 0.2) is 29.3 Å². The summed E-state index contributed by atoms with van der Waals surface area (Å²) in [6.45, 7) is 1.36. The largest absolute Gasteiger partial charge is 1.00 e. The van der Waals surface area contributed by atoms with Gasteiger partial charge in [0, 0.05) is 18.2 Å². The summed E-state index contributed by atoms with van der Waals surface area (Å²) in [5, 5.41) is 10.5. The number of fused-ring (bicyclic) bond motifs is 1. The van der Waals surface area contributed by atoms with E-state index in [0.717, 1.165) is 28.9 Å². The number of ether oxygens (including phenoxy) is 1. The first kappa shape index (κ1) is 38.0. The number of benzene rings is 2. The van der Waals surface area contributed by atoms with Crippen molar-refractivity contribution in [3.63, 3.8) is 0 Å². The molecular weight excluding hydrogens is 693 g/mol. The number of hydrogen-bond acceptors (Lipinski definition) is 10. The molecule has 5 rings (SSSR count). The molecule has 0 spiro atoms. The fraction of sp³-hybridized carbons (Fsp3) is 0.276. The molecule has 0 bridgehead atoms. The summed E-state index contributed by atoms with van der Waals surface area (Å²) in [5.74, 6) is -3.55. The Morgan fingerprint density at radius 1 is 1.10 bits per heavy atom. The van der Waals surface area contributed by atoms with Gasteiger partial charge in [0.25, 0.3) is 13.7 Å². The van der Waals surface area contributed by atoms with Crippen LogP contribution in [-0.4, -0.2) is 55.5 Å². The molecule has 3 aromatic rings. The first-order valence-electron chi connectivity index (χ1n) is 14.2. The number of nitrogens with zero attached hydrogens (tertiary/aromatic N) is 5. The molecule has 1 amide bonds. The Hall–Kier alpha value is -3.77. The summed E-state index contributed by atoms with van der Waals surface area (Å²) in [6.07, 6.45) is -1.89. The van der Waals surface area contributed by atoms with Gasteiger partial charge >= 0.3 is 35.7 Å². The monoisotopic (exact) mass is 718 g/mol. The molecule has 2 unspecified atom stereocenters. The van der Waals surface area contributed by atoms with Gasteiger partial charge in [-0.25, -0.2) is 18.7 Å². The zero-order chi connectivity index (χ0) is 34.6. The van der Waals surface area contributed by atoms with E-state index in [2.05, 4.69) is 30.1 Å². The van der Waals surface area contributed by atoms with E-state index in [1.807, 2.05) is 0 Å². The maximum absolute atomic E-state index is 14.4. The molecule has 1 aromatic heterocycles. The molecule has 2 aliphatic heterocycles. The molecule has 0 radical (unpaired) electrons. The van der Waals surface area contributed by atoms with Gasteiger partial charge in [0.05, 0.1) is 36.7 Å². The molecule has 13 nitrogen and oxygen atoms in total. The van der Waals surface area contributed by atoms with Crippen LogP contribution in [0, 0.1) is 11.6 Å². The SMILES string of the molecule is CCCOc1ccc(-c2cc(C(C(=O)NCCCOP(=O)([O-])O)n3cc4nc(-c5cccc(F)c5F)nc-4cn3)on2)c(C(F)(F)F)c1.[Na+]. The van der Waals surface area contributed by atoms with Crippen LogP contribution in [0.3, 0.4) is 0 Å². The molecular formula is C29H25F5N6NaO7P. The van der Waals surface area contributed by atoms with Crippen LogP contribution in [0.1, 0.15) is 37.1 Å². The minimum Gasteiger partial charge on any atom is -0.756 e. The van der Waals surface area contributed by atoms with E-state index in [1.54, 1.807) is 6.92 Å². The zero-order valence-corrected chi connectivity index (χ0v) is 28.7. The standard InChI is InChI=1S/C29H26F5N6O7P.Na/c1-2-10-45-16-7-8-17(19(12-16)29(32,33)34)21-13-24(47-39-21)26(28(41)35-9-4-11-46-48(42,43)44)40-15-23-22(14-36-40)37-27(38-23)18-5-3-6-20(30)25(18)31;/h3,5-8,12-15,26H,2,4,9-11H2,1H3,(H,35,41)(H2,42,43,44);/q;+1/p-1. The third-order valence-corrected chi connectivity index (χ3v) is 7.22. The average molecular weight is 719 g/mol. The topological polar surface area (TPSA) is 178 Å². The third-order valence-electron chi connectivity index (χ3n) is 6.71. The van der Waals surface area contributed by atoms with Gasteiger partial charge < -0.3 is 28.9 Å². The molecule has 20 heteroatoms. The fourth-order valence-corrected chi connectivity index (χ4v) is 4.91. The number of nitrogens with one attached hydrogen (secondary N) is 1. The Morgan fingerprint density at radius 2 is 1.86 bits per heavy atom. The Balaban J connectivity index is 0.00000541. The number of carbonyl (C=O) groups is 1. The first-order chi connectivity index (χ1) is 22.7. The van der Waals surface area contributed by atoms with E-state index in [1.165, 1.54) is 30.6 Å². The van der Waals surface area contributed by atoms with E-state index in [0.29, 0.717) is 6.42 Å². The average Bonchev–Trinajstić information content (AvgIpc) is 3.68. The summed E-state index contributed by atoms with van der Waals surface area (Å²) in [4.78, 5) is 41.4. The van der Waals surface area contributed by atoms with Gasteiger partial charge in [-0.05, 0) is 43.2 Å². The van der Waals surface area contributed by atoms with Crippen LogP contribution in [0.25, 0.3) is 34.0 Å². The van der Waals surface area contributed by atoms with Gasteiger partial charge in [-0.2, -0.15) is 18.3 Å². The number of alkyl halides is 3. The van der Waals surface area contributed by atoms with Crippen LogP contribution in [0.15, 0.2) is 59.4 Å². The summed E-state index contributed by atoms with van der Waals surface area (Å²) >= 11 is 0. The molecule has 2 atom stereocenters. The summed E-state index contributed by atoms with van der Waals surface area (Å²) in [5.41, 5.74) is -1.69. The van der Waals surface area contributed by atoms with E-state index in [-0.39, 0.29) is 94.7 Å². The number of phosphoric acid groups is 1. The van der Waals surface area contributed by atoms with Crippen LogP contribution >= 0.6 is 7.82 Å². The van der Waals surface area contributed by atoms with Crippen molar-refractivity contribution in [2.45, 2.75) is 32.0 Å². The maximum atomic E-state index is 14.4. The van der Waals surface area contributed by atoms with Crippen molar-refractivity contribution in [2.24, 2.45) is 0 Å². The van der Waals surface area contributed by atoms with Crippen LogP contribution in [0.5, 0.6) is 5.75 Å². The molecule has 3 heterocycles. The summed E-state index contributed by atoms with van der Waals surface area (Å²) in [7, 11) is -4.99. The van der Waals surface area contributed by atoms with E-state index in [4.69, 9.17) is 14.2 Å². The Bertz CT molecular complexity index is 1940. The predicted octanol–water partition coefficient (Wildman–Crippen LogP) is 1.76. The number of amides is 1. The Morgan fingerprint density at radius 3 is 2.57 bits per heavy atom. The van der Waals surface area contributed by atoms with Gasteiger partial charge in [0.1, 0.15) is 22.8 Å². The van der Waals surface area contributed by atoms with E-state index >= 15 is 0 Å². The number of aromatic nitrogens is 5. The van der Waals surface area contributed by atoms with Gasteiger partial charge in [-0.3, -0.25) is 14.0 Å².